The van der Waals surface area contributed by atoms with Crippen LogP contribution in [0, 0.1) is 0 Å². The van der Waals surface area contributed by atoms with Crippen LogP contribution in [-0.2, 0) is 0 Å². The van der Waals surface area contributed by atoms with Crippen LogP contribution in [0.2, 0.25) is 0 Å². The Morgan fingerprint density at radius 2 is 1.93 bits per heavy atom. The number of rotatable bonds is 4. The average Bonchev–Trinajstić information content (AvgIpc) is 2.84. The van der Waals surface area contributed by atoms with E-state index in [0.717, 1.165) is 18.6 Å². The van der Waals surface area contributed by atoms with Gasteiger partial charge in [-0.1, -0.05) is 19.8 Å². The zero-order chi connectivity index (χ0) is 9.80. The van der Waals surface area contributed by atoms with Crippen LogP contribution in [0.15, 0.2) is 0 Å². The van der Waals surface area contributed by atoms with E-state index in [9.17, 15) is 0 Å². The number of hydrogen-bond acceptors (Lipinski definition) is 2. The molecule has 1 saturated carbocycles. The molecule has 0 aromatic heterocycles. The predicted molar refractivity (Wildman–Crippen MR) is 60.5 cm³/mol. The lowest BCUT2D eigenvalue weighted by atomic mass is 10.1. The maximum Gasteiger partial charge on any atom is 0.0224 e. The molecule has 0 spiro atoms. The molecule has 1 N–H and O–H groups in total. The highest BCUT2D eigenvalue weighted by atomic mass is 15.2. The highest BCUT2D eigenvalue weighted by Crippen LogP contribution is 2.29. The third kappa shape index (κ3) is 2.29. The molecule has 0 aromatic rings. The quantitative estimate of drug-likeness (QED) is 0.740. The maximum atomic E-state index is 3.50. The second-order valence-electron chi connectivity index (χ2n) is 4.78. The maximum absolute atomic E-state index is 3.50. The summed E-state index contributed by atoms with van der Waals surface area (Å²) in [5.41, 5.74) is 0. The molecule has 1 saturated heterocycles. The lowest BCUT2D eigenvalue weighted by Crippen LogP contribution is -2.42. The van der Waals surface area contributed by atoms with E-state index < -0.39 is 0 Å². The van der Waals surface area contributed by atoms with E-state index in [1.165, 1.54) is 51.6 Å². The standard InChI is InChI=1S/C12H24N2/c1-2-13-10-12-8-5-9-14(12)11-6-3-4-7-11/h11-13H,2-10H2,1H3. The first-order chi connectivity index (χ1) is 6.92. The van der Waals surface area contributed by atoms with Crippen LogP contribution >= 0.6 is 0 Å². The van der Waals surface area contributed by atoms with Crippen molar-refractivity contribution >= 4 is 0 Å². The SMILES string of the molecule is CCNCC1CCCN1C1CCCC1. The smallest absolute Gasteiger partial charge is 0.0224 e. The van der Waals surface area contributed by atoms with E-state index in [0.29, 0.717) is 0 Å². The van der Waals surface area contributed by atoms with Gasteiger partial charge in [0, 0.05) is 18.6 Å². The summed E-state index contributed by atoms with van der Waals surface area (Å²) in [7, 11) is 0. The molecule has 2 heteroatoms. The van der Waals surface area contributed by atoms with Crippen LogP contribution in [0.3, 0.4) is 0 Å². The average molecular weight is 196 g/mol. The minimum Gasteiger partial charge on any atom is -0.315 e. The highest BCUT2D eigenvalue weighted by Gasteiger charge is 2.31. The summed E-state index contributed by atoms with van der Waals surface area (Å²) < 4.78 is 0. The van der Waals surface area contributed by atoms with Gasteiger partial charge in [0.15, 0.2) is 0 Å². The third-order valence-corrected chi connectivity index (χ3v) is 3.85. The fourth-order valence-corrected chi connectivity index (χ4v) is 3.10. The van der Waals surface area contributed by atoms with Gasteiger partial charge in [0.1, 0.15) is 0 Å². The fraction of sp³-hybridized carbons (Fsp3) is 1.00. The van der Waals surface area contributed by atoms with Crippen molar-refractivity contribution in [3.63, 3.8) is 0 Å². The molecule has 1 heterocycles. The van der Waals surface area contributed by atoms with Gasteiger partial charge in [0.2, 0.25) is 0 Å². The van der Waals surface area contributed by atoms with Gasteiger partial charge in [-0.05, 0) is 38.8 Å². The van der Waals surface area contributed by atoms with Crippen molar-refractivity contribution in [2.24, 2.45) is 0 Å². The molecule has 14 heavy (non-hydrogen) atoms. The first-order valence-electron chi connectivity index (χ1n) is 6.38. The Bertz CT molecular complexity index is 164. The van der Waals surface area contributed by atoms with Crippen LogP contribution in [-0.4, -0.2) is 36.6 Å². The Morgan fingerprint density at radius 1 is 1.14 bits per heavy atom. The van der Waals surface area contributed by atoms with Gasteiger partial charge in [-0.3, -0.25) is 4.90 Å². The van der Waals surface area contributed by atoms with Crippen LogP contribution in [0.5, 0.6) is 0 Å². The molecule has 2 nitrogen and oxygen atoms in total. The summed E-state index contributed by atoms with van der Waals surface area (Å²) in [5, 5.41) is 3.50. The normalized spacial score (nSPS) is 30.2. The number of nitrogens with zero attached hydrogens (tertiary/aromatic N) is 1. The first kappa shape index (κ1) is 10.4. The van der Waals surface area contributed by atoms with Crippen molar-refractivity contribution < 1.29 is 0 Å². The summed E-state index contributed by atoms with van der Waals surface area (Å²) >= 11 is 0. The molecule has 2 fully saturated rings. The Kier molecular flexibility index (Phi) is 3.82. The molecule has 0 radical (unpaired) electrons. The molecule has 2 rings (SSSR count). The second-order valence-corrected chi connectivity index (χ2v) is 4.78. The van der Waals surface area contributed by atoms with Gasteiger partial charge in [-0.2, -0.15) is 0 Å². The van der Waals surface area contributed by atoms with Gasteiger partial charge in [-0.15, -0.1) is 0 Å². The Hall–Kier alpha value is -0.0800. The van der Waals surface area contributed by atoms with Crippen molar-refractivity contribution in [3.8, 4) is 0 Å². The molecule has 1 aliphatic carbocycles. The van der Waals surface area contributed by atoms with E-state index in [-0.39, 0.29) is 0 Å². The van der Waals surface area contributed by atoms with E-state index in [1.807, 2.05) is 0 Å². The summed E-state index contributed by atoms with van der Waals surface area (Å²) in [5.74, 6) is 0. The molecular weight excluding hydrogens is 172 g/mol. The van der Waals surface area contributed by atoms with Crippen molar-refractivity contribution in [1.29, 1.82) is 0 Å². The summed E-state index contributed by atoms with van der Waals surface area (Å²) in [6.45, 7) is 5.90. The number of hydrogen-bond donors (Lipinski definition) is 1. The summed E-state index contributed by atoms with van der Waals surface area (Å²) in [4.78, 5) is 2.79. The molecule has 1 atom stereocenters. The van der Waals surface area contributed by atoms with Crippen molar-refractivity contribution in [1.82, 2.24) is 10.2 Å². The predicted octanol–water partition coefficient (Wildman–Crippen LogP) is 2.00. The zero-order valence-electron chi connectivity index (χ0n) is 9.47. The topological polar surface area (TPSA) is 15.3 Å². The molecular formula is C12H24N2. The third-order valence-electron chi connectivity index (χ3n) is 3.85. The van der Waals surface area contributed by atoms with Crippen molar-refractivity contribution in [2.45, 2.75) is 57.5 Å². The van der Waals surface area contributed by atoms with E-state index in [1.54, 1.807) is 0 Å². The minimum atomic E-state index is 0.845. The van der Waals surface area contributed by atoms with Crippen LogP contribution in [0.4, 0.5) is 0 Å². The molecule has 1 unspecified atom stereocenters. The lowest BCUT2D eigenvalue weighted by Gasteiger charge is -2.30. The summed E-state index contributed by atoms with van der Waals surface area (Å²) in [6.07, 6.45) is 8.70. The molecule has 0 bridgehead atoms. The molecule has 2 aliphatic rings. The zero-order valence-corrected chi connectivity index (χ0v) is 9.47. The molecule has 82 valence electrons. The Balaban J connectivity index is 1.82. The summed E-state index contributed by atoms with van der Waals surface area (Å²) in [6, 6.07) is 1.78. The Labute approximate surface area is 88.1 Å². The van der Waals surface area contributed by atoms with E-state index >= 15 is 0 Å². The fourth-order valence-electron chi connectivity index (χ4n) is 3.10. The number of likely N-dealkylation sites (N-methyl/N-ethyl adjacent to an activating group) is 1. The first-order valence-corrected chi connectivity index (χ1v) is 6.38. The molecule has 0 aromatic carbocycles. The van der Waals surface area contributed by atoms with Gasteiger partial charge in [0.25, 0.3) is 0 Å². The minimum absolute atomic E-state index is 0.845. The monoisotopic (exact) mass is 196 g/mol. The number of likely N-dealkylation sites (tertiary alicyclic amines) is 1. The molecule has 0 amide bonds. The van der Waals surface area contributed by atoms with E-state index in [4.69, 9.17) is 0 Å². The van der Waals surface area contributed by atoms with Gasteiger partial charge < -0.3 is 5.32 Å². The number of nitrogens with one attached hydrogen (secondary N) is 1. The second kappa shape index (κ2) is 5.13. The van der Waals surface area contributed by atoms with Crippen molar-refractivity contribution in [2.75, 3.05) is 19.6 Å². The lowest BCUT2D eigenvalue weighted by molar-refractivity contribution is 0.179. The largest absolute Gasteiger partial charge is 0.315 e. The van der Waals surface area contributed by atoms with Gasteiger partial charge >= 0.3 is 0 Å². The Morgan fingerprint density at radius 3 is 2.64 bits per heavy atom. The van der Waals surface area contributed by atoms with E-state index in [2.05, 4.69) is 17.1 Å². The van der Waals surface area contributed by atoms with Gasteiger partial charge in [0.05, 0.1) is 0 Å². The van der Waals surface area contributed by atoms with Crippen molar-refractivity contribution in [3.05, 3.63) is 0 Å². The highest BCUT2D eigenvalue weighted by molar-refractivity contribution is 4.88. The van der Waals surface area contributed by atoms with Crippen LogP contribution < -0.4 is 5.32 Å². The van der Waals surface area contributed by atoms with Crippen LogP contribution in [0.25, 0.3) is 0 Å². The molecule has 1 aliphatic heterocycles. The van der Waals surface area contributed by atoms with Gasteiger partial charge in [-0.25, -0.2) is 0 Å². The van der Waals surface area contributed by atoms with Crippen LogP contribution in [0.1, 0.15) is 45.4 Å².